The maximum absolute atomic E-state index is 12.3. The summed E-state index contributed by atoms with van der Waals surface area (Å²) in [5.74, 6) is -0.200. The molecular formula is C19H16N6O3. The molecule has 9 nitrogen and oxygen atoms in total. The molecule has 3 aromatic rings. The van der Waals surface area contributed by atoms with Crippen LogP contribution in [0.25, 0.3) is 5.82 Å². The van der Waals surface area contributed by atoms with Crippen molar-refractivity contribution in [3.05, 3.63) is 66.4 Å². The molecule has 0 spiro atoms. The van der Waals surface area contributed by atoms with Crippen LogP contribution in [0.3, 0.4) is 0 Å². The van der Waals surface area contributed by atoms with Crippen LogP contribution in [0.2, 0.25) is 0 Å². The summed E-state index contributed by atoms with van der Waals surface area (Å²) >= 11 is 0. The van der Waals surface area contributed by atoms with Crippen LogP contribution >= 0.6 is 0 Å². The van der Waals surface area contributed by atoms with Gasteiger partial charge in [-0.1, -0.05) is 12.1 Å². The van der Waals surface area contributed by atoms with E-state index in [0.717, 1.165) is 0 Å². The normalized spacial score (nSPS) is 12.9. The first-order valence-electron chi connectivity index (χ1n) is 8.69. The van der Waals surface area contributed by atoms with Crippen molar-refractivity contribution in [2.24, 2.45) is 0 Å². The lowest BCUT2D eigenvalue weighted by Gasteiger charge is -2.13. The van der Waals surface area contributed by atoms with Crippen molar-refractivity contribution >= 4 is 23.4 Å². The number of hydrogen-bond donors (Lipinski definition) is 1. The first kappa shape index (κ1) is 17.5. The molecule has 2 aromatic heterocycles. The lowest BCUT2D eigenvalue weighted by Crippen LogP contribution is -2.31. The molecule has 4 rings (SSSR count). The molecule has 28 heavy (non-hydrogen) atoms. The van der Waals surface area contributed by atoms with Crippen LogP contribution in [0.15, 0.2) is 55.2 Å². The van der Waals surface area contributed by atoms with Gasteiger partial charge < -0.3 is 5.32 Å². The Morgan fingerprint density at radius 3 is 2.25 bits per heavy atom. The van der Waals surface area contributed by atoms with Gasteiger partial charge >= 0.3 is 0 Å². The maximum Gasteiger partial charge on any atom is 0.261 e. The monoisotopic (exact) mass is 376 g/mol. The molecule has 0 bridgehead atoms. The Labute approximate surface area is 160 Å². The number of aromatic nitrogens is 4. The zero-order valence-corrected chi connectivity index (χ0v) is 14.8. The van der Waals surface area contributed by atoms with Crippen LogP contribution in [0.1, 0.15) is 33.6 Å². The minimum atomic E-state index is -0.310. The highest BCUT2D eigenvalue weighted by molar-refractivity contribution is 6.21. The third kappa shape index (κ3) is 3.37. The average molecular weight is 376 g/mol. The van der Waals surface area contributed by atoms with E-state index in [9.17, 15) is 14.4 Å². The number of amides is 3. The third-order valence-corrected chi connectivity index (χ3v) is 4.38. The van der Waals surface area contributed by atoms with E-state index in [0.29, 0.717) is 29.1 Å². The van der Waals surface area contributed by atoms with E-state index < -0.39 is 0 Å². The summed E-state index contributed by atoms with van der Waals surface area (Å²) < 4.78 is 1.65. The highest BCUT2D eigenvalue weighted by Gasteiger charge is 2.34. The minimum Gasteiger partial charge on any atom is -0.325 e. The summed E-state index contributed by atoms with van der Waals surface area (Å²) in [4.78, 5) is 42.1. The van der Waals surface area contributed by atoms with Crippen molar-refractivity contribution in [1.82, 2.24) is 24.6 Å². The molecule has 3 heterocycles. The smallest absolute Gasteiger partial charge is 0.261 e. The van der Waals surface area contributed by atoms with Crippen LogP contribution in [-0.4, -0.2) is 48.9 Å². The minimum absolute atomic E-state index is 0.181. The molecule has 0 atom stereocenters. The lowest BCUT2D eigenvalue weighted by atomic mass is 10.1. The number of anilines is 1. The van der Waals surface area contributed by atoms with Gasteiger partial charge in [0.1, 0.15) is 18.5 Å². The largest absolute Gasteiger partial charge is 0.325 e. The van der Waals surface area contributed by atoms with Gasteiger partial charge in [-0.2, -0.15) is 0 Å². The molecule has 9 heteroatoms. The molecule has 1 N–H and O–H groups in total. The molecule has 1 aliphatic rings. The molecule has 140 valence electrons. The number of pyridine rings is 1. The van der Waals surface area contributed by atoms with E-state index in [1.54, 1.807) is 41.0 Å². The highest BCUT2D eigenvalue weighted by Crippen LogP contribution is 2.22. The van der Waals surface area contributed by atoms with Crippen molar-refractivity contribution in [2.45, 2.75) is 12.8 Å². The van der Waals surface area contributed by atoms with Crippen molar-refractivity contribution < 1.29 is 14.4 Å². The number of imide groups is 1. The van der Waals surface area contributed by atoms with Gasteiger partial charge in [0.25, 0.3) is 11.8 Å². The Morgan fingerprint density at radius 2 is 1.64 bits per heavy atom. The molecule has 0 saturated heterocycles. The van der Waals surface area contributed by atoms with Gasteiger partial charge in [0.2, 0.25) is 5.91 Å². The Hall–Kier alpha value is -3.88. The number of carbonyl (C=O) groups is 3. The van der Waals surface area contributed by atoms with Gasteiger partial charge in [-0.25, -0.2) is 4.98 Å². The van der Waals surface area contributed by atoms with E-state index in [1.807, 2.05) is 0 Å². The standard InChI is InChI=1S/C19H16N6O3/c26-17(23-13-7-8-16(20-10-13)24-11-21-22-12-24)6-3-9-25-18(27)14-4-1-2-5-15(14)19(25)28/h1-2,4-5,7-8,10-12H,3,6,9H2,(H,23,26). The molecule has 0 aliphatic carbocycles. The molecule has 0 saturated carbocycles. The second-order valence-electron chi connectivity index (χ2n) is 6.23. The van der Waals surface area contributed by atoms with Crippen LogP contribution in [0, 0.1) is 0 Å². The quantitative estimate of drug-likeness (QED) is 0.656. The van der Waals surface area contributed by atoms with Gasteiger partial charge in [0.15, 0.2) is 0 Å². The molecule has 0 radical (unpaired) electrons. The summed E-state index contributed by atoms with van der Waals surface area (Å²) in [5.41, 5.74) is 1.38. The fourth-order valence-corrected chi connectivity index (χ4v) is 3.00. The molecule has 3 amide bonds. The van der Waals surface area contributed by atoms with Crippen LogP contribution in [-0.2, 0) is 4.79 Å². The molecule has 0 unspecified atom stereocenters. The van der Waals surface area contributed by atoms with E-state index >= 15 is 0 Å². The molecule has 1 aliphatic heterocycles. The Bertz CT molecular complexity index is 995. The fraction of sp³-hybridized carbons (Fsp3) is 0.158. The fourth-order valence-electron chi connectivity index (χ4n) is 3.00. The first-order chi connectivity index (χ1) is 13.6. The molecule has 1 aromatic carbocycles. The zero-order valence-electron chi connectivity index (χ0n) is 14.8. The number of nitrogens with zero attached hydrogens (tertiary/aromatic N) is 5. The summed E-state index contributed by atoms with van der Waals surface area (Å²) in [5, 5.41) is 10.2. The molecular weight excluding hydrogens is 360 g/mol. The Morgan fingerprint density at radius 1 is 0.964 bits per heavy atom. The Balaban J connectivity index is 1.28. The predicted molar refractivity (Wildman–Crippen MR) is 98.8 cm³/mol. The van der Waals surface area contributed by atoms with E-state index in [-0.39, 0.29) is 30.7 Å². The number of benzene rings is 1. The number of hydrogen-bond acceptors (Lipinski definition) is 6. The summed E-state index contributed by atoms with van der Waals surface area (Å²) in [6.07, 6.45) is 5.15. The summed E-state index contributed by atoms with van der Waals surface area (Å²) in [6.45, 7) is 0.199. The number of rotatable bonds is 6. The average Bonchev–Trinajstić information content (AvgIpc) is 3.32. The van der Waals surface area contributed by atoms with Gasteiger partial charge in [0.05, 0.1) is 23.0 Å². The second kappa shape index (κ2) is 7.39. The SMILES string of the molecule is O=C(CCCN1C(=O)c2ccccc2C1=O)Nc1ccc(-n2cnnc2)nc1. The number of carbonyl (C=O) groups excluding carboxylic acids is 3. The summed E-state index contributed by atoms with van der Waals surface area (Å²) in [7, 11) is 0. The third-order valence-electron chi connectivity index (χ3n) is 4.38. The van der Waals surface area contributed by atoms with Gasteiger partial charge in [0, 0.05) is 13.0 Å². The van der Waals surface area contributed by atoms with E-state index in [1.165, 1.54) is 23.8 Å². The highest BCUT2D eigenvalue weighted by atomic mass is 16.2. The van der Waals surface area contributed by atoms with Crippen molar-refractivity contribution in [3.63, 3.8) is 0 Å². The van der Waals surface area contributed by atoms with Crippen molar-refractivity contribution in [1.29, 1.82) is 0 Å². The van der Waals surface area contributed by atoms with Gasteiger partial charge in [-0.05, 0) is 30.7 Å². The molecule has 0 fully saturated rings. The number of fused-ring (bicyclic) bond motifs is 1. The predicted octanol–water partition coefficient (Wildman–Crippen LogP) is 1.68. The Kier molecular flexibility index (Phi) is 4.63. The second-order valence-corrected chi connectivity index (χ2v) is 6.23. The van der Waals surface area contributed by atoms with Gasteiger partial charge in [-0.15, -0.1) is 10.2 Å². The topological polar surface area (TPSA) is 110 Å². The van der Waals surface area contributed by atoms with E-state index in [2.05, 4.69) is 20.5 Å². The van der Waals surface area contributed by atoms with E-state index in [4.69, 9.17) is 0 Å². The number of nitrogens with one attached hydrogen (secondary N) is 1. The van der Waals surface area contributed by atoms with Crippen LogP contribution < -0.4 is 5.32 Å². The maximum atomic E-state index is 12.3. The summed E-state index contributed by atoms with van der Waals surface area (Å²) in [6, 6.07) is 10.2. The van der Waals surface area contributed by atoms with Crippen molar-refractivity contribution in [2.75, 3.05) is 11.9 Å². The first-order valence-corrected chi connectivity index (χ1v) is 8.69. The van der Waals surface area contributed by atoms with Crippen molar-refractivity contribution in [3.8, 4) is 5.82 Å². The van der Waals surface area contributed by atoms with Crippen LogP contribution in [0.5, 0.6) is 0 Å². The zero-order chi connectivity index (χ0) is 19.5. The van der Waals surface area contributed by atoms with Gasteiger partial charge in [-0.3, -0.25) is 23.9 Å². The van der Waals surface area contributed by atoms with Crippen LogP contribution in [0.4, 0.5) is 5.69 Å². The lowest BCUT2D eigenvalue weighted by molar-refractivity contribution is -0.116.